The van der Waals surface area contributed by atoms with Gasteiger partial charge in [-0.2, -0.15) is 0 Å². The fraction of sp³-hybridized carbons (Fsp3) is 0.562. The zero-order valence-corrected chi connectivity index (χ0v) is 13.3. The number of hydrogen-bond acceptors (Lipinski definition) is 4. The van der Waals surface area contributed by atoms with E-state index in [0.29, 0.717) is 0 Å². The summed E-state index contributed by atoms with van der Waals surface area (Å²) in [7, 11) is 0. The van der Waals surface area contributed by atoms with Crippen molar-refractivity contribution in [2.75, 3.05) is 22.9 Å². The average molecular weight is 302 g/mol. The Kier molecular flexibility index (Phi) is 3.54. The molecule has 0 spiro atoms. The molecule has 1 aromatic heterocycles. The van der Waals surface area contributed by atoms with Crippen LogP contribution in [0.2, 0.25) is 0 Å². The fourth-order valence-electron chi connectivity index (χ4n) is 3.16. The molecule has 2 aliphatic heterocycles. The molecule has 1 aromatic rings. The SMILES string of the molecule is CC(C)(C)NC(=O)CN1C(=O)[C@@H]2CCCN2c2ncccc21. The van der Waals surface area contributed by atoms with E-state index in [4.69, 9.17) is 0 Å². The Morgan fingerprint density at radius 2 is 2.23 bits per heavy atom. The van der Waals surface area contributed by atoms with Crippen molar-refractivity contribution in [3.8, 4) is 0 Å². The monoisotopic (exact) mass is 302 g/mol. The Balaban J connectivity index is 1.89. The zero-order chi connectivity index (χ0) is 15.9. The van der Waals surface area contributed by atoms with Crippen LogP contribution in [0, 0.1) is 0 Å². The van der Waals surface area contributed by atoms with Crippen molar-refractivity contribution in [1.29, 1.82) is 0 Å². The lowest BCUT2D eigenvalue weighted by Crippen LogP contribution is -2.55. The van der Waals surface area contributed by atoms with Gasteiger partial charge in [-0.15, -0.1) is 0 Å². The van der Waals surface area contributed by atoms with Crippen molar-refractivity contribution in [3.63, 3.8) is 0 Å². The van der Waals surface area contributed by atoms with Crippen LogP contribution in [-0.4, -0.2) is 41.5 Å². The van der Waals surface area contributed by atoms with Gasteiger partial charge in [-0.3, -0.25) is 14.5 Å². The number of carbonyl (C=O) groups excluding carboxylic acids is 2. The van der Waals surface area contributed by atoms with Crippen LogP contribution in [0.1, 0.15) is 33.6 Å². The minimum absolute atomic E-state index is 0.00191. The van der Waals surface area contributed by atoms with Gasteiger partial charge in [0.1, 0.15) is 12.6 Å². The summed E-state index contributed by atoms with van der Waals surface area (Å²) in [5.41, 5.74) is 0.419. The lowest BCUT2D eigenvalue weighted by Gasteiger charge is -2.38. The van der Waals surface area contributed by atoms with Gasteiger partial charge in [0.25, 0.3) is 0 Å². The largest absolute Gasteiger partial charge is 0.350 e. The van der Waals surface area contributed by atoms with Crippen LogP contribution in [0.4, 0.5) is 11.5 Å². The van der Waals surface area contributed by atoms with Crippen LogP contribution in [0.25, 0.3) is 0 Å². The van der Waals surface area contributed by atoms with Crippen LogP contribution in [-0.2, 0) is 9.59 Å². The molecule has 0 aromatic carbocycles. The third kappa shape index (κ3) is 2.65. The van der Waals surface area contributed by atoms with Gasteiger partial charge in [-0.1, -0.05) is 0 Å². The van der Waals surface area contributed by atoms with Gasteiger partial charge in [0.2, 0.25) is 11.8 Å². The lowest BCUT2D eigenvalue weighted by molar-refractivity contribution is -0.125. The summed E-state index contributed by atoms with van der Waals surface area (Å²) in [6.07, 6.45) is 3.54. The van der Waals surface area contributed by atoms with Gasteiger partial charge in [-0.05, 0) is 45.7 Å². The zero-order valence-electron chi connectivity index (χ0n) is 13.3. The van der Waals surface area contributed by atoms with Crippen LogP contribution in [0.5, 0.6) is 0 Å². The summed E-state index contributed by atoms with van der Waals surface area (Å²) in [6.45, 7) is 6.67. The van der Waals surface area contributed by atoms with Gasteiger partial charge in [0.15, 0.2) is 5.82 Å². The summed E-state index contributed by atoms with van der Waals surface area (Å²) < 4.78 is 0. The average Bonchev–Trinajstić information content (AvgIpc) is 2.91. The highest BCUT2D eigenvalue weighted by molar-refractivity contribution is 6.08. The normalized spacial score (nSPS) is 20.7. The molecule has 1 saturated heterocycles. The van der Waals surface area contributed by atoms with Crippen LogP contribution in [0.3, 0.4) is 0 Å². The van der Waals surface area contributed by atoms with Gasteiger partial charge in [0, 0.05) is 18.3 Å². The molecule has 22 heavy (non-hydrogen) atoms. The molecule has 118 valence electrons. The smallest absolute Gasteiger partial charge is 0.250 e. The molecule has 0 bridgehead atoms. The van der Waals surface area contributed by atoms with E-state index in [1.807, 2.05) is 26.8 Å². The van der Waals surface area contributed by atoms with E-state index in [1.165, 1.54) is 0 Å². The van der Waals surface area contributed by atoms with E-state index in [-0.39, 0.29) is 29.9 Å². The Morgan fingerprint density at radius 3 is 2.95 bits per heavy atom. The van der Waals surface area contributed by atoms with E-state index in [2.05, 4.69) is 15.2 Å². The van der Waals surface area contributed by atoms with Crippen LogP contribution < -0.4 is 15.1 Å². The van der Waals surface area contributed by atoms with Crippen molar-refractivity contribution in [1.82, 2.24) is 10.3 Å². The Labute approximate surface area is 130 Å². The number of anilines is 2. The number of hydrogen-bond donors (Lipinski definition) is 1. The number of nitrogens with zero attached hydrogens (tertiary/aromatic N) is 3. The number of aromatic nitrogens is 1. The second-order valence-electron chi connectivity index (χ2n) is 6.92. The minimum Gasteiger partial charge on any atom is -0.350 e. The number of rotatable bonds is 2. The van der Waals surface area contributed by atoms with Gasteiger partial charge < -0.3 is 10.2 Å². The highest BCUT2D eigenvalue weighted by atomic mass is 16.2. The first-order chi connectivity index (χ1) is 10.4. The predicted molar refractivity (Wildman–Crippen MR) is 84.9 cm³/mol. The number of carbonyl (C=O) groups is 2. The molecule has 0 saturated carbocycles. The number of nitrogens with one attached hydrogen (secondary N) is 1. The summed E-state index contributed by atoms with van der Waals surface area (Å²) in [6, 6.07) is 3.49. The van der Waals surface area contributed by atoms with Crippen molar-refractivity contribution >= 4 is 23.3 Å². The lowest BCUT2D eigenvalue weighted by atomic mass is 10.1. The van der Waals surface area contributed by atoms with Gasteiger partial charge in [-0.25, -0.2) is 4.98 Å². The molecule has 3 heterocycles. The third-order valence-corrected chi connectivity index (χ3v) is 3.95. The summed E-state index contributed by atoms with van der Waals surface area (Å²) >= 11 is 0. The molecule has 1 fully saturated rings. The highest BCUT2D eigenvalue weighted by Gasteiger charge is 2.42. The van der Waals surface area contributed by atoms with E-state index in [0.717, 1.165) is 30.9 Å². The van der Waals surface area contributed by atoms with Crippen molar-refractivity contribution in [2.45, 2.75) is 45.2 Å². The Hall–Kier alpha value is -2.11. The number of fused-ring (bicyclic) bond motifs is 3. The second kappa shape index (κ2) is 5.26. The molecule has 6 nitrogen and oxygen atoms in total. The Bertz CT molecular complexity index is 608. The van der Waals surface area contributed by atoms with E-state index >= 15 is 0 Å². The molecule has 1 atom stereocenters. The standard InChI is InChI=1S/C16H22N4O2/c1-16(2,3)18-13(21)10-20-11-6-4-8-17-14(11)19-9-5-7-12(19)15(20)22/h4,6,8,12H,5,7,9-10H2,1-3H3,(H,18,21)/t12-/m0/s1. The number of amides is 2. The summed E-state index contributed by atoms with van der Waals surface area (Å²) in [5, 5.41) is 2.91. The Morgan fingerprint density at radius 1 is 1.45 bits per heavy atom. The highest BCUT2D eigenvalue weighted by Crippen LogP contribution is 2.37. The van der Waals surface area contributed by atoms with E-state index < -0.39 is 0 Å². The molecule has 2 amide bonds. The second-order valence-corrected chi connectivity index (χ2v) is 6.92. The predicted octanol–water partition coefficient (Wildman–Crippen LogP) is 1.31. The first-order valence-electron chi connectivity index (χ1n) is 7.71. The van der Waals surface area contributed by atoms with Gasteiger partial charge in [0.05, 0.1) is 5.69 Å². The first-order valence-corrected chi connectivity index (χ1v) is 7.71. The molecule has 0 unspecified atom stereocenters. The molecule has 0 radical (unpaired) electrons. The third-order valence-electron chi connectivity index (χ3n) is 3.95. The van der Waals surface area contributed by atoms with Crippen molar-refractivity contribution < 1.29 is 9.59 Å². The molecular weight excluding hydrogens is 280 g/mol. The molecule has 1 N–H and O–H groups in total. The minimum atomic E-state index is -0.312. The molecule has 3 rings (SSSR count). The van der Waals surface area contributed by atoms with Crippen LogP contribution >= 0.6 is 0 Å². The van der Waals surface area contributed by atoms with Gasteiger partial charge >= 0.3 is 0 Å². The van der Waals surface area contributed by atoms with Crippen molar-refractivity contribution in [3.05, 3.63) is 18.3 Å². The number of pyridine rings is 1. The van der Waals surface area contributed by atoms with E-state index in [1.54, 1.807) is 17.2 Å². The molecular formula is C16H22N4O2. The molecule has 6 heteroatoms. The first kappa shape index (κ1) is 14.8. The maximum absolute atomic E-state index is 12.7. The summed E-state index contributed by atoms with van der Waals surface area (Å²) in [5.74, 6) is 0.664. The maximum atomic E-state index is 12.7. The maximum Gasteiger partial charge on any atom is 0.250 e. The van der Waals surface area contributed by atoms with Crippen molar-refractivity contribution in [2.24, 2.45) is 0 Å². The van der Waals surface area contributed by atoms with E-state index in [9.17, 15) is 9.59 Å². The molecule has 0 aliphatic carbocycles. The quantitative estimate of drug-likeness (QED) is 0.894. The fourth-order valence-corrected chi connectivity index (χ4v) is 3.16. The summed E-state index contributed by atoms with van der Waals surface area (Å²) in [4.78, 5) is 33.1. The molecule has 2 aliphatic rings. The van der Waals surface area contributed by atoms with Crippen LogP contribution in [0.15, 0.2) is 18.3 Å². The topological polar surface area (TPSA) is 65.5 Å².